The summed E-state index contributed by atoms with van der Waals surface area (Å²) in [4.78, 5) is 2.60. The summed E-state index contributed by atoms with van der Waals surface area (Å²) in [5.74, 6) is 2.20. The smallest absolute Gasteiger partial charge is 0.122 e. The maximum atomic E-state index is 10.8. The molecule has 35 heavy (non-hydrogen) atoms. The van der Waals surface area contributed by atoms with Gasteiger partial charge in [-0.15, -0.1) is 23.5 Å². The van der Waals surface area contributed by atoms with Crippen LogP contribution in [-0.2, 0) is 0 Å². The summed E-state index contributed by atoms with van der Waals surface area (Å²) in [5.41, 5.74) is 4.28. The van der Waals surface area contributed by atoms with Crippen LogP contribution in [0.3, 0.4) is 0 Å². The van der Waals surface area contributed by atoms with Crippen molar-refractivity contribution in [1.29, 1.82) is 0 Å². The van der Waals surface area contributed by atoms with Crippen molar-refractivity contribution < 1.29 is 10.2 Å². The van der Waals surface area contributed by atoms with Gasteiger partial charge < -0.3 is 10.2 Å². The van der Waals surface area contributed by atoms with Gasteiger partial charge in [0, 0.05) is 9.79 Å². The summed E-state index contributed by atoms with van der Waals surface area (Å²) < 4.78 is 0. The first kappa shape index (κ1) is 30.2. The molecule has 2 nitrogen and oxygen atoms in total. The first-order chi connectivity index (χ1) is 16.4. The molecule has 5 heteroatoms. The van der Waals surface area contributed by atoms with E-state index in [1.54, 1.807) is 0 Å². The van der Waals surface area contributed by atoms with E-state index in [1.807, 2.05) is 23.5 Å². The van der Waals surface area contributed by atoms with Gasteiger partial charge in [-0.2, -0.15) is 0 Å². The van der Waals surface area contributed by atoms with Crippen LogP contribution in [0.4, 0.5) is 0 Å². The quantitative estimate of drug-likeness (QED) is 0.211. The minimum absolute atomic E-state index is 0.308. The molecule has 0 heterocycles. The Balaban J connectivity index is 2.29. The van der Waals surface area contributed by atoms with E-state index in [0.717, 1.165) is 22.3 Å². The molecule has 0 amide bonds. The molecule has 0 aliphatic rings. The Labute approximate surface area is 224 Å². The monoisotopic (exact) mass is 532 g/mol. The molecular weight excluding hydrogens is 485 g/mol. The Hall–Kier alpha value is -1.04. The fraction of sp³-hybridized carbons (Fsp3) is 0.600. The molecule has 0 fully saturated rings. The standard InChI is InChI=1S/C30H48O2S2Si/c1-11-35(12-2,17-33-23-13-25(19(3)4)29(31)26(14-23)20(5)6)18-34-24-15-27(21(7)8)30(32)28(16-24)22(9)10/h13-16,19-22,31-32H,11-12,17-18H2,1-10H3. The molecule has 0 aliphatic heterocycles. The average Bonchev–Trinajstić information content (AvgIpc) is 2.80. The van der Waals surface area contributed by atoms with Crippen molar-refractivity contribution in [3.63, 3.8) is 0 Å². The van der Waals surface area contributed by atoms with Crippen LogP contribution in [0.15, 0.2) is 34.1 Å². The minimum Gasteiger partial charge on any atom is -0.507 e. The van der Waals surface area contributed by atoms with Gasteiger partial charge in [-0.05, 0) is 80.9 Å². The van der Waals surface area contributed by atoms with Gasteiger partial charge in [0.05, 0.1) is 8.07 Å². The van der Waals surface area contributed by atoms with E-state index < -0.39 is 8.07 Å². The molecule has 0 saturated heterocycles. The molecule has 0 radical (unpaired) electrons. The molecule has 0 bridgehead atoms. The van der Waals surface area contributed by atoms with E-state index in [2.05, 4.69) is 93.5 Å². The van der Waals surface area contributed by atoms with Crippen LogP contribution in [0.25, 0.3) is 0 Å². The number of rotatable bonds is 12. The zero-order valence-electron chi connectivity index (χ0n) is 23.7. The maximum absolute atomic E-state index is 10.8. The number of aromatic hydroxyl groups is 2. The van der Waals surface area contributed by atoms with Gasteiger partial charge in [0.25, 0.3) is 0 Å². The van der Waals surface area contributed by atoms with Gasteiger partial charge in [0.15, 0.2) is 0 Å². The van der Waals surface area contributed by atoms with Gasteiger partial charge in [-0.25, -0.2) is 0 Å². The van der Waals surface area contributed by atoms with Gasteiger partial charge in [-0.3, -0.25) is 0 Å². The highest BCUT2D eigenvalue weighted by Gasteiger charge is 2.30. The summed E-state index contributed by atoms with van der Waals surface area (Å²) in [6.07, 6.45) is 0. The lowest BCUT2D eigenvalue weighted by molar-refractivity contribution is 0.453. The van der Waals surface area contributed by atoms with Crippen molar-refractivity contribution in [1.82, 2.24) is 0 Å². The molecule has 0 aromatic heterocycles. The lowest BCUT2D eigenvalue weighted by Crippen LogP contribution is -2.39. The van der Waals surface area contributed by atoms with Crippen molar-refractivity contribution >= 4 is 31.6 Å². The summed E-state index contributed by atoms with van der Waals surface area (Å²) in [6.45, 7) is 22.1. The van der Waals surface area contributed by atoms with E-state index in [-0.39, 0.29) is 0 Å². The molecule has 2 aromatic carbocycles. The second-order valence-corrected chi connectivity index (χ2v) is 19.5. The van der Waals surface area contributed by atoms with E-state index in [4.69, 9.17) is 0 Å². The highest BCUT2D eigenvalue weighted by Crippen LogP contribution is 2.41. The third kappa shape index (κ3) is 7.49. The van der Waals surface area contributed by atoms with Crippen LogP contribution in [0, 0.1) is 0 Å². The van der Waals surface area contributed by atoms with E-state index in [1.165, 1.54) is 32.6 Å². The molecule has 0 spiro atoms. The first-order valence-corrected chi connectivity index (χ1v) is 18.1. The van der Waals surface area contributed by atoms with Crippen LogP contribution in [0.5, 0.6) is 11.5 Å². The summed E-state index contributed by atoms with van der Waals surface area (Å²) in [7, 11) is -1.51. The lowest BCUT2D eigenvalue weighted by atomic mass is 9.94. The Bertz CT molecular complexity index is 845. The SMILES string of the molecule is CC[Si](CC)(CSc1cc(C(C)C)c(O)c(C(C)C)c1)CSc1cc(C(C)C)c(O)c(C(C)C)c1. The van der Waals surface area contributed by atoms with Crippen LogP contribution in [0.1, 0.15) is 115 Å². The number of phenolic OH excluding ortho intramolecular Hbond substituents is 2. The van der Waals surface area contributed by atoms with Crippen molar-refractivity contribution in [2.24, 2.45) is 0 Å². The fourth-order valence-electron chi connectivity index (χ4n) is 4.40. The van der Waals surface area contributed by atoms with Crippen LogP contribution < -0.4 is 0 Å². The van der Waals surface area contributed by atoms with Gasteiger partial charge in [-0.1, -0.05) is 81.3 Å². The molecule has 2 N–H and O–H groups in total. The molecule has 0 aliphatic carbocycles. The maximum Gasteiger partial charge on any atom is 0.122 e. The molecule has 0 saturated carbocycles. The van der Waals surface area contributed by atoms with E-state index in [9.17, 15) is 10.2 Å². The van der Waals surface area contributed by atoms with Crippen molar-refractivity contribution in [3.05, 3.63) is 46.5 Å². The third-order valence-corrected chi connectivity index (χ3v) is 17.6. The summed E-state index contributed by atoms with van der Waals surface area (Å²) in [5, 5.41) is 24.0. The van der Waals surface area contributed by atoms with Crippen LogP contribution >= 0.6 is 23.5 Å². The van der Waals surface area contributed by atoms with Crippen molar-refractivity contribution in [2.75, 3.05) is 10.8 Å². The Kier molecular flexibility index (Phi) is 11.2. The van der Waals surface area contributed by atoms with E-state index in [0.29, 0.717) is 35.2 Å². The Morgan fingerprint density at radius 2 is 0.829 bits per heavy atom. The number of hydrogen-bond donors (Lipinski definition) is 2. The number of benzene rings is 2. The van der Waals surface area contributed by atoms with Crippen molar-refractivity contribution in [3.8, 4) is 11.5 Å². The minimum atomic E-state index is -1.51. The zero-order valence-corrected chi connectivity index (χ0v) is 26.3. The van der Waals surface area contributed by atoms with Gasteiger partial charge in [0.2, 0.25) is 0 Å². The van der Waals surface area contributed by atoms with Crippen LogP contribution in [0.2, 0.25) is 12.1 Å². The number of phenols is 2. The highest BCUT2D eigenvalue weighted by atomic mass is 32.2. The molecular formula is C30H48O2S2Si. The average molecular weight is 533 g/mol. The van der Waals surface area contributed by atoms with Crippen LogP contribution in [-0.4, -0.2) is 29.0 Å². The predicted molar refractivity (Wildman–Crippen MR) is 161 cm³/mol. The highest BCUT2D eigenvalue weighted by molar-refractivity contribution is 8.03. The number of hydrogen-bond acceptors (Lipinski definition) is 4. The van der Waals surface area contributed by atoms with Gasteiger partial charge in [0.1, 0.15) is 11.5 Å². The fourth-order valence-corrected chi connectivity index (χ4v) is 13.9. The zero-order chi connectivity index (χ0) is 26.5. The Morgan fingerprint density at radius 3 is 1.03 bits per heavy atom. The molecule has 2 rings (SSSR count). The topological polar surface area (TPSA) is 40.5 Å². The third-order valence-electron chi connectivity index (χ3n) is 7.36. The summed E-state index contributed by atoms with van der Waals surface area (Å²) in [6, 6.07) is 11.4. The second kappa shape index (κ2) is 13.0. The predicted octanol–water partition coefficient (Wildman–Crippen LogP) is 10.0. The largest absolute Gasteiger partial charge is 0.507 e. The van der Waals surface area contributed by atoms with E-state index >= 15 is 0 Å². The normalized spacial score (nSPS) is 12.5. The first-order valence-electron chi connectivity index (χ1n) is 13.3. The number of thioether (sulfide) groups is 2. The molecule has 0 atom stereocenters. The molecule has 2 aromatic rings. The molecule has 0 unspecified atom stereocenters. The lowest BCUT2D eigenvalue weighted by Gasteiger charge is -2.29. The van der Waals surface area contributed by atoms with Gasteiger partial charge >= 0.3 is 0 Å². The second-order valence-electron chi connectivity index (χ2n) is 11.3. The summed E-state index contributed by atoms with van der Waals surface area (Å²) >= 11 is 4.00. The Morgan fingerprint density at radius 1 is 0.571 bits per heavy atom. The molecule has 196 valence electrons. The van der Waals surface area contributed by atoms with Crippen molar-refractivity contribution in [2.45, 2.75) is 115 Å².